The fourth-order valence-electron chi connectivity index (χ4n) is 4.19. The van der Waals surface area contributed by atoms with Crippen LogP contribution in [0.4, 0.5) is 0 Å². The van der Waals surface area contributed by atoms with E-state index >= 15 is 0 Å². The average molecular weight is 255 g/mol. The lowest BCUT2D eigenvalue weighted by atomic mass is 9.70. The predicted octanol–water partition coefficient (Wildman–Crippen LogP) is 2.67. The summed E-state index contributed by atoms with van der Waals surface area (Å²) < 4.78 is 0. The average Bonchev–Trinajstić information content (AvgIpc) is 2.69. The molecule has 0 radical (unpaired) electrons. The van der Waals surface area contributed by atoms with Crippen molar-refractivity contribution in [3.63, 3.8) is 0 Å². The Morgan fingerprint density at radius 2 is 2.00 bits per heavy atom. The number of nitrogens with zero attached hydrogens (tertiary/aromatic N) is 1. The quantitative estimate of drug-likeness (QED) is 0.774. The molecule has 1 aromatic rings. The first-order valence-electron chi connectivity index (χ1n) is 7.08. The van der Waals surface area contributed by atoms with E-state index in [2.05, 4.69) is 18.2 Å². The van der Waals surface area contributed by atoms with Gasteiger partial charge in [0, 0.05) is 12.1 Å². The highest BCUT2D eigenvalue weighted by molar-refractivity contribution is 5.97. The van der Waals surface area contributed by atoms with Gasteiger partial charge in [0.15, 0.2) is 5.76 Å². The van der Waals surface area contributed by atoms with Crippen LogP contribution in [0.1, 0.15) is 36.8 Å². The first kappa shape index (κ1) is 11.1. The number of carbonyl (C=O) groups is 1. The Morgan fingerprint density at radius 1 is 1.16 bits per heavy atom. The first-order chi connectivity index (χ1) is 9.25. The zero-order chi connectivity index (χ0) is 13.0. The maximum absolute atomic E-state index is 12.3. The van der Waals surface area contributed by atoms with Crippen LogP contribution in [0.15, 0.2) is 35.6 Å². The van der Waals surface area contributed by atoms with Gasteiger partial charge in [-0.05, 0) is 36.8 Å². The van der Waals surface area contributed by atoms with Crippen LogP contribution in [0, 0.1) is 0 Å². The fourth-order valence-corrected chi connectivity index (χ4v) is 4.19. The van der Waals surface area contributed by atoms with Crippen LogP contribution in [0.3, 0.4) is 0 Å². The summed E-state index contributed by atoms with van der Waals surface area (Å²) in [6, 6.07) is 8.41. The Hall–Kier alpha value is -1.77. The smallest absolute Gasteiger partial charge is 0.289 e. The van der Waals surface area contributed by atoms with Crippen molar-refractivity contribution in [2.24, 2.45) is 0 Å². The van der Waals surface area contributed by atoms with Crippen LogP contribution < -0.4 is 0 Å². The Labute approximate surface area is 112 Å². The van der Waals surface area contributed by atoms with Gasteiger partial charge in [-0.2, -0.15) is 0 Å². The van der Waals surface area contributed by atoms with Crippen molar-refractivity contribution < 1.29 is 9.90 Å². The van der Waals surface area contributed by atoms with E-state index in [1.807, 2.05) is 11.0 Å². The van der Waals surface area contributed by atoms with Crippen LogP contribution >= 0.6 is 0 Å². The molecule has 1 N–H and O–H groups in total. The van der Waals surface area contributed by atoms with Crippen molar-refractivity contribution in [1.29, 1.82) is 0 Å². The van der Waals surface area contributed by atoms with E-state index in [1.54, 1.807) is 0 Å². The molecule has 1 aliphatic carbocycles. The van der Waals surface area contributed by atoms with Gasteiger partial charge in [0.2, 0.25) is 0 Å². The highest BCUT2D eigenvalue weighted by atomic mass is 16.3. The van der Waals surface area contributed by atoms with Gasteiger partial charge in [0.05, 0.1) is 5.54 Å². The van der Waals surface area contributed by atoms with Crippen LogP contribution in [-0.2, 0) is 16.8 Å². The highest BCUT2D eigenvalue weighted by Gasteiger charge is 2.55. The second-order valence-corrected chi connectivity index (χ2v) is 5.76. The standard InChI is InChI=1S/C16H17NO2/c18-14-13-7-3-4-9-16(13)12-6-2-1-5-11(12)8-10-17(16)15(14)19/h1-2,5-6,18H,3-4,7-10H2/t16-/m1/s1. The third-order valence-electron chi connectivity index (χ3n) is 4.98. The number of amides is 1. The summed E-state index contributed by atoms with van der Waals surface area (Å²) >= 11 is 0. The molecule has 1 spiro atoms. The number of carbonyl (C=O) groups excluding carboxylic acids is 1. The summed E-state index contributed by atoms with van der Waals surface area (Å²) in [5.41, 5.74) is 3.22. The van der Waals surface area contributed by atoms with Gasteiger partial charge in [-0.25, -0.2) is 0 Å². The van der Waals surface area contributed by atoms with Crippen molar-refractivity contribution in [2.75, 3.05) is 6.54 Å². The lowest BCUT2D eigenvalue weighted by Gasteiger charge is -2.47. The zero-order valence-electron chi connectivity index (χ0n) is 10.9. The summed E-state index contributed by atoms with van der Waals surface area (Å²) in [6.45, 7) is 0.726. The molecule has 2 aliphatic heterocycles. The first-order valence-corrected chi connectivity index (χ1v) is 7.08. The number of benzene rings is 1. The number of hydrogen-bond donors (Lipinski definition) is 1. The van der Waals surface area contributed by atoms with E-state index in [4.69, 9.17) is 0 Å². The molecule has 1 saturated carbocycles. The second-order valence-electron chi connectivity index (χ2n) is 5.76. The molecular weight excluding hydrogens is 238 g/mol. The molecule has 3 nitrogen and oxygen atoms in total. The molecule has 0 saturated heterocycles. The minimum absolute atomic E-state index is 0.0244. The Bertz CT molecular complexity index is 605. The largest absolute Gasteiger partial charge is 0.503 e. The van der Waals surface area contributed by atoms with Gasteiger partial charge in [-0.15, -0.1) is 0 Å². The van der Waals surface area contributed by atoms with E-state index in [-0.39, 0.29) is 17.2 Å². The number of fused-ring (bicyclic) bond motifs is 1. The molecular formula is C16H17NO2. The lowest BCUT2D eigenvalue weighted by molar-refractivity contribution is -0.133. The highest BCUT2D eigenvalue weighted by Crippen LogP contribution is 2.53. The SMILES string of the molecule is O=C1C(O)=C2CCCC[C@@]23c2ccccc2CCN13. The van der Waals surface area contributed by atoms with Crippen molar-refractivity contribution in [3.8, 4) is 0 Å². The minimum Gasteiger partial charge on any atom is -0.503 e. The molecule has 3 heteroatoms. The van der Waals surface area contributed by atoms with Gasteiger partial charge >= 0.3 is 0 Å². The molecule has 0 unspecified atom stereocenters. The Balaban J connectivity index is 2.00. The van der Waals surface area contributed by atoms with Crippen LogP contribution in [0.25, 0.3) is 0 Å². The normalized spacial score (nSPS) is 29.1. The molecule has 0 aromatic heterocycles. The topological polar surface area (TPSA) is 40.5 Å². The molecule has 1 amide bonds. The van der Waals surface area contributed by atoms with Crippen molar-refractivity contribution in [2.45, 2.75) is 37.6 Å². The molecule has 2 heterocycles. The predicted molar refractivity (Wildman–Crippen MR) is 71.7 cm³/mol. The summed E-state index contributed by atoms with van der Waals surface area (Å²) in [6.07, 6.45) is 4.89. The minimum atomic E-state index is -0.325. The molecule has 4 rings (SSSR count). The van der Waals surface area contributed by atoms with E-state index in [9.17, 15) is 9.90 Å². The summed E-state index contributed by atoms with van der Waals surface area (Å²) in [7, 11) is 0. The van der Waals surface area contributed by atoms with Gasteiger partial charge in [-0.3, -0.25) is 4.79 Å². The zero-order valence-corrected chi connectivity index (χ0v) is 10.9. The maximum atomic E-state index is 12.3. The van der Waals surface area contributed by atoms with Crippen LogP contribution in [-0.4, -0.2) is 22.5 Å². The van der Waals surface area contributed by atoms with Gasteiger partial charge in [0.1, 0.15) is 0 Å². The third-order valence-corrected chi connectivity index (χ3v) is 4.98. The molecule has 19 heavy (non-hydrogen) atoms. The number of hydrogen-bond acceptors (Lipinski definition) is 2. The molecule has 1 aromatic carbocycles. The summed E-state index contributed by atoms with van der Waals surface area (Å²) in [5.74, 6) is -0.136. The number of aliphatic hydroxyl groups is 1. The monoisotopic (exact) mass is 255 g/mol. The molecule has 1 atom stereocenters. The van der Waals surface area contributed by atoms with E-state index in [0.717, 1.165) is 44.2 Å². The van der Waals surface area contributed by atoms with E-state index in [0.29, 0.717) is 0 Å². The molecule has 1 fully saturated rings. The third kappa shape index (κ3) is 1.20. The van der Waals surface area contributed by atoms with E-state index in [1.165, 1.54) is 11.1 Å². The second kappa shape index (κ2) is 3.62. The van der Waals surface area contributed by atoms with Gasteiger partial charge in [0.25, 0.3) is 5.91 Å². The lowest BCUT2D eigenvalue weighted by Crippen LogP contribution is -2.51. The van der Waals surface area contributed by atoms with E-state index < -0.39 is 0 Å². The van der Waals surface area contributed by atoms with Gasteiger partial charge in [-0.1, -0.05) is 30.7 Å². The van der Waals surface area contributed by atoms with Crippen LogP contribution in [0.2, 0.25) is 0 Å². The van der Waals surface area contributed by atoms with Gasteiger partial charge < -0.3 is 10.0 Å². The Kier molecular flexibility index (Phi) is 2.12. The van der Waals surface area contributed by atoms with Crippen molar-refractivity contribution in [3.05, 3.63) is 46.7 Å². The molecule has 0 bridgehead atoms. The number of aliphatic hydroxyl groups excluding tert-OH is 1. The molecule has 98 valence electrons. The maximum Gasteiger partial charge on any atom is 0.289 e. The Morgan fingerprint density at radius 3 is 2.89 bits per heavy atom. The summed E-state index contributed by atoms with van der Waals surface area (Å²) in [5, 5.41) is 10.2. The summed E-state index contributed by atoms with van der Waals surface area (Å²) in [4.78, 5) is 14.2. The van der Waals surface area contributed by atoms with Crippen LogP contribution in [0.5, 0.6) is 0 Å². The fraction of sp³-hybridized carbons (Fsp3) is 0.438. The van der Waals surface area contributed by atoms with Crippen molar-refractivity contribution in [1.82, 2.24) is 4.90 Å². The number of rotatable bonds is 0. The van der Waals surface area contributed by atoms with Crippen molar-refractivity contribution >= 4 is 5.91 Å². The molecule has 3 aliphatic rings.